The predicted molar refractivity (Wildman–Crippen MR) is 133 cm³/mol. The number of rotatable bonds is 10. The maximum absolute atomic E-state index is 5.99. The fraction of sp³-hybridized carbons (Fsp3) is 0.636. The van der Waals surface area contributed by atoms with Crippen molar-refractivity contribution in [3.05, 3.63) is 30.2 Å². The molecule has 0 amide bonds. The molecule has 1 saturated carbocycles. The summed E-state index contributed by atoms with van der Waals surface area (Å²) in [7, 11) is 0. The number of guanidine groups is 1. The molecule has 3 rings (SSSR count). The van der Waals surface area contributed by atoms with Gasteiger partial charge in [-0.3, -0.25) is 9.98 Å². The van der Waals surface area contributed by atoms with Gasteiger partial charge in [0.15, 0.2) is 11.8 Å². The molecule has 2 aromatic rings. The number of nitrogens with zero attached hydrogens (tertiary/aromatic N) is 4. The second-order valence-corrected chi connectivity index (χ2v) is 7.56. The first-order valence-electron chi connectivity index (χ1n) is 11.1. The minimum Gasteiger partial charge on any atom is -0.378 e. The zero-order valence-corrected chi connectivity index (χ0v) is 21.3. The molecule has 1 aliphatic carbocycles. The summed E-state index contributed by atoms with van der Waals surface area (Å²) in [6, 6.07) is 5.97. The molecule has 1 fully saturated rings. The van der Waals surface area contributed by atoms with Crippen molar-refractivity contribution in [2.24, 2.45) is 10.4 Å². The average Bonchev–Trinajstić information content (AvgIpc) is 3.23. The molecule has 2 unspecified atom stereocenters. The first-order chi connectivity index (χ1) is 14.7. The summed E-state index contributed by atoms with van der Waals surface area (Å²) >= 11 is 0. The van der Waals surface area contributed by atoms with Crippen LogP contribution in [0.25, 0.3) is 11.6 Å². The number of hydrogen-bond acceptors (Lipinski definition) is 6. The van der Waals surface area contributed by atoms with Crippen LogP contribution in [-0.2, 0) is 11.2 Å². The Morgan fingerprint density at radius 2 is 2.06 bits per heavy atom. The molecule has 172 valence electrons. The maximum Gasteiger partial charge on any atom is 0.276 e. The topological polar surface area (TPSA) is 97.5 Å². The molecule has 31 heavy (non-hydrogen) atoms. The molecule has 2 N–H and O–H groups in total. The van der Waals surface area contributed by atoms with Crippen LogP contribution in [0.3, 0.4) is 0 Å². The van der Waals surface area contributed by atoms with Gasteiger partial charge in [-0.05, 0) is 45.2 Å². The Morgan fingerprint density at radius 3 is 2.71 bits per heavy atom. The van der Waals surface area contributed by atoms with Crippen LogP contribution in [-0.4, -0.2) is 52.9 Å². The molecule has 0 radical (unpaired) electrons. The molecule has 0 aromatic carbocycles. The van der Waals surface area contributed by atoms with Gasteiger partial charge in [-0.25, -0.2) is 0 Å². The summed E-state index contributed by atoms with van der Waals surface area (Å²) in [6.45, 7) is 10.8. The van der Waals surface area contributed by atoms with Gasteiger partial charge in [0.1, 0.15) is 5.69 Å². The monoisotopic (exact) mass is 542 g/mol. The molecular weight excluding hydrogens is 507 g/mol. The minimum absolute atomic E-state index is 0. The summed E-state index contributed by atoms with van der Waals surface area (Å²) in [6.07, 6.45) is 5.82. The van der Waals surface area contributed by atoms with Gasteiger partial charge >= 0.3 is 0 Å². The van der Waals surface area contributed by atoms with Crippen molar-refractivity contribution in [2.45, 2.75) is 65.5 Å². The zero-order valence-electron chi connectivity index (χ0n) is 18.9. The van der Waals surface area contributed by atoms with E-state index in [0.717, 1.165) is 38.4 Å². The second kappa shape index (κ2) is 12.3. The summed E-state index contributed by atoms with van der Waals surface area (Å²) in [5, 5.41) is 11.0. The lowest BCUT2D eigenvalue weighted by Crippen LogP contribution is -2.65. The molecule has 2 aromatic heterocycles. The summed E-state index contributed by atoms with van der Waals surface area (Å²) in [5.74, 6) is 1.90. The van der Waals surface area contributed by atoms with Crippen LogP contribution in [0.15, 0.2) is 33.9 Å². The summed E-state index contributed by atoms with van der Waals surface area (Å²) in [4.78, 5) is 13.4. The third kappa shape index (κ3) is 5.94. The average molecular weight is 542 g/mol. The van der Waals surface area contributed by atoms with Crippen LogP contribution in [0.5, 0.6) is 0 Å². The number of aromatic nitrogens is 3. The van der Waals surface area contributed by atoms with Crippen LogP contribution >= 0.6 is 24.0 Å². The van der Waals surface area contributed by atoms with Gasteiger partial charge in [0.05, 0.1) is 6.10 Å². The SMILES string of the molecule is CCNC(=NCCc1noc(-c2ccccn2)n1)NC1CC(OCC)C1(CC)CC.I. The van der Waals surface area contributed by atoms with E-state index in [9.17, 15) is 0 Å². The molecule has 2 atom stereocenters. The Bertz CT molecular complexity index is 809. The normalized spacial score (nSPS) is 19.9. The quantitative estimate of drug-likeness (QED) is 0.268. The lowest BCUT2D eigenvalue weighted by Gasteiger charge is -2.55. The van der Waals surface area contributed by atoms with Crippen LogP contribution in [0.2, 0.25) is 0 Å². The Labute approximate surface area is 202 Å². The van der Waals surface area contributed by atoms with E-state index in [-0.39, 0.29) is 29.4 Å². The van der Waals surface area contributed by atoms with Gasteiger partial charge in [-0.1, -0.05) is 25.1 Å². The predicted octanol–water partition coefficient (Wildman–Crippen LogP) is 3.83. The van der Waals surface area contributed by atoms with E-state index in [1.807, 2.05) is 18.2 Å². The smallest absolute Gasteiger partial charge is 0.276 e. The van der Waals surface area contributed by atoms with E-state index in [1.54, 1.807) is 6.20 Å². The van der Waals surface area contributed by atoms with Gasteiger partial charge in [0.25, 0.3) is 5.89 Å². The van der Waals surface area contributed by atoms with Crippen molar-refractivity contribution in [1.29, 1.82) is 0 Å². The molecule has 0 spiro atoms. The second-order valence-electron chi connectivity index (χ2n) is 7.56. The van der Waals surface area contributed by atoms with Gasteiger partial charge in [-0.15, -0.1) is 24.0 Å². The fourth-order valence-corrected chi connectivity index (χ4v) is 4.28. The zero-order chi connectivity index (χ0) is 21.4. The van der Waals surface area contributed by atoms with Gasteiger partial charge in [-0.2, -0.15) is 4.98 Å². The van der Waals surface area contributed by atoms with E-state index in [1.165, 1.54) is 0 Å². The Morgan fingerprint density at radius 1 is 1.26 bits per heavy atom. The number of aliphatic imine (C=N–C) groups is 1. The van der Waals surface area contributed by atoms with Crippen LogP contribution in [0, 0.1) is 5.41 Å². The molecule has 0 aliphatic heterocycles. The highest BCUT2D eigenvalue weighted by Gasteiger charge is 2.53. The first kappa shape index (κ1) is 25.5. The van der Waals surface area contributed by atoms with E-state index in [2.05, 4.69) is 53.5 Å². The van der Waals surface area contributed by atoms with Crippen molar-refractivity contribution >= 4 is 29.9 Å². The lowest BCUT2D eigenvalue weighted by atomic mass is 9.58. The van der Waals surface area contributed by atoms with Crippen LogP contribution < -0.4 is 10.6 Å². The molecule has 2 heterocycles. The Kier molecular flexibility index (Phi) is 10.1. The van der Waals surface area contributed by atoms with Gasteiger partial charge < -0.3 is 19.9 Å². The van der Waals surface area contributed by atoms with E-state index >= 15 is 0 Å². The summed E-state index contributed by atoms with van der Waals surface area (Å²) < 4.78 is 11.3. The van der Waals surface area contributed by atoms with E-state index in [0.29, 0.717) is 42.5 Å². The largest absolute Gasteiger partial charge is 0.378 e. The third-order valence-corrected chi connectivity index (χ3v) is 6.08. The lowest BCUT2D eigenvalue weighted by molar-refractivity contribution is -0.133. The van der Waals surface area contributed by atoms with Gasteiger partial charge in [0.2, 0.25) is 0 Å². The minimum atomic E-state index is 0. The highest BCUT2D eigenvalue weighted by atomic mass is 127. The number of hydrogen-bond donors (Lipinski definition) is 2. The highest BCUT2D eigenvalue weighted by molar-refractivity contribution is 14.0. The number of pyridine rings is 1. The number of halogens is 1. The standard InChI is InChI=1S/C22H34N6O2.HI/c1-5-22(6-2)17(15-18(22)29-8-4)26-21(23-7-3)25-14-12-19-27-20(30-28-19)16-11-9-10-13-24-16;/h9-11,13,17-18H,5-8,12,14-15H2,1-4H3,(H2,23,25,26);1H. The number of ether oxygens (including phenoxy) is 1. The van der Waals surface area contributed by atoms with Gasteiger partial charge in [0, 0.05) is 43.8 Å². The Hall–Kier alpha value is -1.75. The number of nitrogens with one attached hydrogen (secondary N) is 2. The van der Waals surface area contributed by atoms with Crippen molar-refractivity contribution < 1.29 is 9.26 Å². The summed E-state index contributed by atoms with van der Waals surface area (Å²) in [5.41, 5.74) is 0.844. The van der Waals surface area contributed by atoms with Crippen molar-refractivity contribution in [2.75, 3.05) is 19.7 Å². The fourth-order valence-electron chi connectivity index (χ4n) is 4.28. The van der Waals surface area contributed by atoms with Crippen LogP contribution in [0.4, 0.5) is 0 Å². The van der Waals surface area contributed by atoms with E-state index in [4.69, 9.17) is 14.3 Å². The third-order valence-electron chi connectivity index (χ3n) is 6.08. The highest BCUT2D eigenvalue weighted by Crippen LogP contribution is 2.48. The van der Waals surface area contributed by atoms with Crippen LogP contribution in [0.1, 0.15) is 52.8 Å². The Balaban J connectivity index is 0.00000341. The van der Waals surface area contributed by atoms with Crippen molar-refractivity contribution in [3.63, 3.8) is 0 Å². The molecular formula is C22H35IN6O2. The molecule has 1 aliphatic rings. The molecule has 0 bridgehead atoms. The molecule has 9 heteroatoms. The molecule has 8 nitrogen and oxygen atoms in total. The first-order valence-corrected chi connectivity index (χ1v) is 11.1. The maximum atomic E-state index is 5.99. The molecule has 0 saturated heterocycles. The van der Waals surface area contributed by atoms with Crippen molar-refractivity contribution in [1.82, 2.24) is 25.8 Å². The van der Waals surface area contributed by atoms with Crippen molar-refractivity contribution in [3.8, 4) is 11.6 Å². The van der Waals surface area contributed by atoms with E-state index < -0.39 is 0 Å².